The normalized spacial score (nSPS) is 17.3. The smallest absolute Gasteiger partial charge is 0.308 e. The number of piperidine rings is 1. The first-order chi connectivity index (χ1) is 12.6. The number of amides is 1. The standard InChI is InChI=1S/C21H23NO4/c23-19(22-13-7-12-18(14-22)21(24)25)15-26-20(16-8-3-1-4-9-16)17-10-5-2-6-11-17/h1-6,8-11,18,20H,7,12-15H2,(H,24,25). The fourth-order valence-corrected chi connectivity index (χ4v) is 3.29. The van der Waals surface area contributed by atoms with E-state index in [0.717, 1.165) is 11.1 Å². The summed E-state index contributed by atoms with van der Waals surface area (Å²) in [5.41, 5.74) is 1.96. The van der Waals surface area contributed by atoms with Gasteiger partial charge in [0.25, 0.3) is 0 Å². The number of rotatable bonds is 6. The molecule has 3 rings (SSSR count). The molecule has 2 aromatic rings. The van der Waals surface area contributed by atoms with Gasteiger partial charge >= 0.3 is 5.97 Å². The lowest BCUT2D eigenvalue weighted by atomic mass is 9.98. The minimum absolute atomic E-state index is 0.0687. The molecule has 0 bridgehead atoms. The van der Waals surface area contributed by atoms with Gasteiger partial charge in [0, 0.05) is 13.1 Å². The molecule has 1 unspecified atom stereocenters. The third kappa shape index (κ3) is 4.49. The van der Waals surface area contributed by atoms with Crippen molar-refractivity contribution in [2.45, 2.75) is 18.9 Å². The van der Waals surface area contributed by atoms with E-state index in [9.17, 15) is 14.7 Å². The van der Waals surface area contributed by atoms with E-state index in [1.54, 1.807) is 4.90 Å². The van der Waals surface area contributed by atoms with Crippen LogP contribution in [0.3, 0.4) is 0 Å². The Bertz CT molecular complexity index is 693. The number of carbonyl (C=O) groups is 2. The number of ether oxygens (including phenoxy) is 1. The van der Waals surface area contributed by atoms with Crippen molar-refractivity contribution in [1.29, 1.82) is 0 Å². The van der Waals surface area contributed by atoms with Gasteiger partial charge in [-0.05, 0) is 24.0 Å². The molecule has 136 valence electrons. The van der Waals surface area contributed by atoms with Crippen LogP contribution in [0.4, 0.5) is 0 Å². The van der Waals surface area contributed by atoms with Gasteiger partial charge in [0.15, 0.2) is 0 Å². The Morgan fingerprint density at radius 3 is 2.15 bits per heavy atom. The number of hydrogen-bond donors (Lipinski definition) is 1. The first-order valence-electron chi connectivity index (χ1n) is 8.87. The zero-order valence-electron chi connectivity index (χ0n) is 14.6. The van der Waals surface area contributed by atoms with E-state index in [-0.39, 0.29) is 25.2 Å². The van der Waals surface area contributed by atoms with E-state index in [0.29, 0.717) is 19.4 Å². The number of carbonyl (C=O) groups excluding carboxylic acids is 1. The number of carboxylic acids is 1. The van der Waals surface area contributed by atoms with Gasteiger partial charge in [-0.1, -0.05) is 60.7 Å². The van der Waals surface area contributed by atoms with E-state index in [2.05, 4.69) is 0 Å². The summed E-state index contributed by atoms with van der Waals surface area (Å²) >= 11 is 0. The summed E-state index contributed by atoms with van der Waals surface area (Å²) in [7, 11) is 0. The summed E-state index contributed by atoms with van der Waals surface area (Å²) in [6.45, 7) is 0.785. The molecule has 26 heavy (non-hydrogen) atoms. The first kappa shape index (κ1) is 18.1. The lowest BCUT2D eigenvalue weighted by molar-refractivity contribution is -0.147. The van der Waals surface area contributed by atoms with Crippen LogP contribution in [0, 0.1) is 5.92 Å². The maximum Gasteiger partial charge on any atom is 0.308 e. The van der Waals surface area contributed by atoms with Crippen LogP contribution in [-0.2, 0) is 14.3 Å². The van der Waals surface area contributed by atoms with Gasteiger partial charge < -0.3 is 14.7 Å². The molecule has 1 atom stereocenters. The largest absolute Gasteiger partial charge is 0.481 e. The molecule has 0 aromatic heterocycles. The molecule has 1 aliphatic rings. The topological polar surface area (TPSA) is 66.8 Å². The minimum Gasteiger partial charge on any atom is -0.481 e. The summed E-state index contributed by atoms with van der Waals surface area (Å²) in [6.07, 6.45) is 1.00. The van der Waals surface area contributed by atoms with E-state index in [1.807, 2.05) is 60.7 Å². The lowest BCUT2D eigenvalue weighted by Crippen LogP contribution is -2.44. The second-order valence-electron chi connectivity index (χ2n) is 6.53. The highest BCUT2D eigenvalue weighted by Gasteiger charge is 2.28. The molecule has 1 amide bonds. The van der Waals surface area contributed by atoms with Crippen LogP contribution < -0.4 is 0 Å². The van der Waals surface area contributed by atoms with Gasteiger partial charge in [-0.2, -0.15) is 0 Å². The predicted molar refractivity (Wildman–Crippen MR) is 97.6 cm³/mol. The lowest BCUT2D eigenvalue weighted by Gasteiger charge is -2.31. The Balaban J connectivity index is 1.68. The highest BCUT2D eigenvalue weighted by Crippen LogP contribution is 2.26. The maximum absolute atomic E-state index is 12.5. The average Bonchev–Trinajstić information content (AvgIpc) is 2.69. The maximum atomic E-state index is 12.5. The molecule has 5 heteroatoms. The van der Waals surface area contributed by atoms with Crippen molar-refractivity contribution in [2.75, 3.05) is 19.7 Å². The van der Waals surface area contributed by atoms with Crippen LogP contribution in [0.25, 0.3) is 0 Å². The Labute approximate surface area is 153 Å². The SMILES string of the molecule is O=C(O)C1CCCN(C(=O)COC(c2ccccc2)c2ccccc2)C1. The molecule has 1 heterocycles. The first-order valence-corrected chi connectivity index (χ1v) is 8.87. The summed E-state index contributed by atoms with van der Waals surface area (Å²) in [4.78, 5) is 25.3. The fraction of sp³-hybridized carbons (Fsp3) is 0.333. The van der Waals surface area contributed by atoms with Gasteiger partial charge in [-0.25, -0.2) is 0 Å². The van der Waals surface area contributed by atoms with Crippen molar-refractivity contribution in [1.82, 2.24) is 4.90 Å². The quantitative estimate of drug-likeness (QED) is 0.866. The highest BCUT2D eigenvalue weighted by atomic mass is 16.5. The van der Waals surface area contributed by atoms with E-state index < -0.39 is 11.9 Å². The van der Waals surface area contributed by atoms with Crippen molar-refractivity contribution < 1.29 is 19.4 Å². The monoisotopic (exact) mass is 353 g/mol. The van der Waals surface area contributed by atoms with Crippen LogP contribution in [0.15, 0.2) is 60.7 Å². The van der Waals surface area contributed by atoms with E-state index >= 15 is 0 Å². The molecule has 2 aromatic carbocycles. The third-order valence-electron chi connectivity index (χ3n) is 4.70. The second-order valence-corrected chi connectivity index (χ2v) is 6.53. The Hall–Kier alpha value is -2.66. The van der Waals surface area contributed by atoms with Crippen molar-refractivity contribution in [3.8, 4) is 0 Å². The summed E-state index contributed by atoms with van der Waals surface area (Å²) < 4.78 is 5.99. The molecule has 1 aliphatic heterocycles. The molecule has 0 spiro atoms. The zero-order chi connectivity index (χ0) is 18.4. The van der Waals surface area contributed by atoms with Gasteiger partial charge in [0.2, 0.25) is 5.91 Å². The molecule has 0 aliphatic carbocycles. The average molecular weight is 353 g/mol. The van der Waals surface area contributed by atoms with Gasteiger partial charge in [-0.15, -0.1) is 0 Å². The third-order valence-corrected chi connectivity index (χ3v) is 4.70. The molecule has 0 saturated carbocycles. The van der Waals surface area contributed by atoms with Crippen molar-refractivity contribution in [3.63, 3.8) is 0 Å². The molecular formula is C21H23NO4. The second kappa shape index (κ2) is 8.63. The number of likely N-dealkylation sites (tertiary alicyclic amines) is 1. The van der Waals surface area contributed by atoms with Crippen LogP contribution in [-0.4, -0.2) is 41.6 Å². The minimum atomic E-state index is -0.838. The summed E-state index contributed by atoms with van der Waals surface area (Å²) in [5.74, 6) is -1.48. The molecule has 1 saturated heterocycles. The Morgan fingerprint density at radius 1 is 1.04 bits per heavy atom. The number of benzene rings is 2. The molecule has 1 N–H and O–H groups in total. The van der Waals surface area contributed by atoms with E-state index in [1.165, 1.54) is 0 Å². The van der Waals surface area contributed by atoms with Crippen molar-refractivity contribution >= 4 is 11.9 Å². The van der Waals surface area contributed by atoms with Crippen molar-refractivity contribution in [3.05, 3.63) is 71.8 Å². The number of hydrogen-bond acceptors (Lipinski definition) is 3. The Morgan fingerprint density at radius 2 is 1.62 bits per heavy atom. The highest BCUT2D eigenvalue weighted by molar-refractivity contribution is 5.79. The number of nitrogens with zero attached hydrogens (tertiary/aromatic N) is 1. The summed E-state index contributed by atoms with van der Waals surface area (Å²) in [5, 5.41) is 9.18. The van der Waals surface area contributed by atoms with Crippen LogP contribution in [0.5, 0.6) is 0 Å². The molecule has 5 nitrogen and oxygen atoms in total. The Kier molecular flexibility index (Phi) is 6.02. The molecular weight excluding hydrogens is 330 g/mol. The molecule has 0 radical (unpaired) electrons. The van der Waals surface area contributed by atoms with Gasteiger partial charge in [0.1, 0.15) is 12.7 Å². The van der Waals surface area contributed by atoms with Crippen LogP contribution in [0.2, 0.25) is 0 Å². The molecule has 1 fully saturated rings. The number of carboxylic acid groups (broad SMARTS) is 1. The van der Waals surface area contributed by atoms with E-state index in [4.69, 9.17) is 4.74 Å². The predicted octanol–water partition coefficient (Wildman–Crippen LogP) is 3.12. The summed E-state index contributed by atoms with van der Waals surface area (Å²) in [6, 6.07) is 19.6. The zero-order valence-corrected chi connectivity index (χ0v) is 14.6. The van der Waals surface area contributed by atoms with Gasteiger partial charge in [-0.3, -0.25) is 9.59 Å². The van der Waals surface area contributed by atoms with Crippen LogP contribution >= 0.6 is 0 Å². The van der Waals surface area contributed by atoms with Gasteiger partial charge in [0.05, 0.1) is 5.92 Å². The number of aliphatic carboxylic acids is 1. The van der Waals surface area contributed by atoms with Crippen LogP contribution in [0.1, 0.15) is 30.1 Å². The fourth-order valence-electron chi connectivity index (χ4n) is 3.29. The van der Waals surface area contributed by atoms with Crippen molar-refractivity contribution in [2.24, 2.45) is 5.92 Å².